The second kappa shape index (κ2) is 4.39. The van der Waals surface area contributed by atoms with Crippen LogP contribution in [0.25, 0.3) is 0 Å². The molecule has 82 valence electrons. The largest absolute Gasteiger partial charge is 0.353 e. The first kappa shape index (κ1) is 10.1. The molecule has 0 aromatic carbocycles. The molecule has 1 aromatic rings. The number of amides is 1. The molecule has 1 aliphatic rings. The highest BCUT2D eigenvalue weighted by molar-refractivity contribution is 5.78. The lowest BCUT2D eigenvalue weighted by Crippen LogP contribution is -2.47. The van der Waals surface area contributed by atoms with Crippen molar-refractivity contribution in [1.82, 2.24) is 20.8 Å². The molecule has 2 N–H and O–H groups in total. The molecular formula is C9H14N4O2. The van der Waals surface area contributed by atoms with E-state index in [1.165, 1.54) is 0 Å². The van der Waals surface area contributed by atoms with E-state index in [1.54, 1.807) is 0 Å². The number of hydrogen-bond acceptors (Lipinski definition) is 5. The van der Waals surface area contributed by atoms with E-state index >= 15 is 0 Å². The Labute approximate surface area is 87.4 Å². The van der Waals surface area contributed by atoms with Gasteiger partial charge in [-0.1, -0.05) is 12.1 Å². The van der Waals surface area contributed by atoms with Crippen molar-refractivity contribution >= 4 is 5.91 Å². The molecule has 6 heteroatoms. The van der Waals surface area contributed by atoms with E-state index < -0.39 is 0 Å². The van der Waals surface area contributed by atoms with Gasteiger partial charge in [0.1, 0.15) is 6.04 Å². The summed E-state index contributed by atoms with van der Waals surface area (Å²) < 4.78 is 5.12. The normalized spacial score (nSPS) is 21.4. The van der Waals surface area contributed by atoms with Gasteiger partial charge in [0.2, 0.25) is 11.8 Å². The third kappa shape index (κ3) is 2.33. The van der Waals surface area contributed by atoms with Gasteiger partial charge < -0.3 is 9.84 Å². The molecule has 1 aliphatic heterocycles. The third-order valence-corrected chi connectivity index (χ3v) is 2.27. The summed E-state index contributed by atoms with van der Waals surface area (Å²) >= 11 is 0. The van der Waals surface area contributed by atoms with Gasteiger partial charge in [-0.3, -0.25) is 10.1 Å². The van der Waals surface area contributed by atoms with Gasteiger partial charge in [0, 0.05) is 13.0 Å². The van der Waals surface area contributed by atoms with Gasteiger partial charge in [0.25, 0.3) is 0 Å². The summed E-state index contributed by atoms with van der Waals surface area (Å²) in [7, 11) is 0. The summed E-state index contributed by atoms with van der Waals surface area (Å²) in [5.74, 6) is 1.28. The molecule has 1 fully saturated rings. The molecule has 1 amide bonds. The molecular weight excluding hydrogens is 196 g/mol. The zero-order chi connectivity index (χ0) is 10.7. The van der Waals surface area contributed by atoms with Gasteiger partial charge in [-0.2, -0.15) is 4.98 Å². The van der Waals surface area contributed by atoms with E-state index in [2.05, 4.69) is 27.7 Å². The Morgan fingerprint density at radius 2 is 2.47 bits per heavy atom. The first-order valence-corrected chi connectivity index (χ1v) is 5.12. The minimum Gasteiger partial charge on any atom is -0.353 e. The van der Waals surface area contributed by atoms with Gasteiger partial charge in [0.05, 0.1) is 6.54 Å². The van der Waals surface area contributed by atoms with Gasteiger partial charge in [-0.15, -0.1) is 0 Å². The lowest BCUT2D eigenvalue weighted by Gasteiger charge is -2.20. The number of nitrogens with zero attached hydrogens (tertiary/aromatic N) is 2. The minimum atomic E-state index is -0.0548. The lowest BCUT2D eigenvalue weighted by atomic mass is 10.2. The van der Waals surface area contributed by atoms with Gasteiger partial charge in [0.15, 0.2) is 5.82 Å². The molecule has 2 heterocycles. The van der Waals surface area contributed by atoms with E-state index in [0.29, 0.717) is 19.0 Å². The third-order valence-electron chi connectivity index (χ3n) is 2.27. The van der Waals surface area contributed by atoms with Crippen LogP contribution in [0, 0.1) is 0 Å². The summed E-state index contributed by atoms with van der Waals surface area (Å²) in [6.07, 6.45) is 1.82. The van der Waals surface area contributed by atoms with Gasteiger partial charge in [-0.25, -0.2) is 0 Å². The Bertz CT molecular complexity index is 340. The predicted octanol–water partition coefficient (Wildman–Crippen LogP) is -0.217. The molecule has 0 bridgehead atoms. The standard InChI is InChI=1S/C9H14N4O2/c1-2-3-7-12-9(15-13-7)6-4-11-8(14)5-10-6/h6,10H,2-5H2,1H3,(H,11,14). The first-order valence-electron chi connectivity index (χ1n) is 5.12. The van der Waals surface area contributed by atoms with Crippen LogP contribution in [0.15, 0.2) is 4.52 Å². The van der Waals surface area contributed by atoms with Crippen molar-refractivity contribution in [3.8, 4) is 0 Å². The quantitative estimate of drug-likeness (QED) is 0.721. The molecule has 0 spiro atoms. The van der Waals surface area contributed by atoms with E-state index in [4.69, 9.17) is 4.52 Å². The number of aryl methyl sites for hydroxylation is 1. The zero-order valence-corrected chi connectivity index (χ0v) is 8.62. The molecule has 0 saturated carbocycles. The molecule has 6 nitrogen and oxygen atoms in total. The second-order valence-corrected chi connectivity index (χ2v) is 3.54. The SMILES string of the molecule is CCCc1noc(C2CNC(=O)CN2)n1. The summed E-state index contributed by atoms with van der Waals surface area (Å²) in [4.78, 5) is 15.2. The highest BCUT2D eigenvalue weighted by Gasteiger charge is 2.23. The predicted molar refractivity (Wildman–Crippen MR) is 52.0 cm³/mol. The highest BCUT2D eigenvalue weighted by atomic mass is 16.5. The smallest absolute Gasteiger partial charge is 0.245 e. The molecule has 2 rings (SSSR count). The summed E-state index contributed by atoms with van der Waals surface area (Å²) in [6, 6.07) is -0.0548. The fraction of sp³-hybridized carbons (Fsp3) is 0.667. The Morgan fingerprint density at radius 3 is 3.13 bits per heavy atom. The van der Waals surface area contributed by atoms with E-state index in [1.807, 2.05) is 0 Å². The minimum absolute atomic E-state index is 0.000419. The van der Waals surface area contributed by atoms with E-state index in [0.717, 1.165) is 18.7 Å². The fourth-order valence-electron chi connectivity index (χ4n) is 1.48. The maximum atomic E-state index is 10.9. The Hall–Kier alpha value is -1.43. The average Bonchev–Trinajstić information content (AvgIpc) is 2.68. The zero-order valence-electron chi connectivity index (χ0n) is 8.62. The van der Waals surface area contributed by atoms with E-state index in [-0.39, 0.29) is 11.9 Å². The van der Waals surface area contributed by atoms with Crippen LogP contribution in [0.3, 0.4) is 0 Å². The van der Waals surface area contributed by atoms with Crippen LogP contribution in [0.1, 0.15) is 31.1 Å². The van der Waals surface area contributed by atoms with Crippen molar-refractivity contribution in [3.05, 3.63) is 11.7 Å². The van der Waals surface area contributed by atoms with Gasteiger partial charge >= 0.3 is 0 Å². The number of carbonyl (C=O) groups excluding carboxylic acids is 1. The van der Waals surface area contributed by atoms with Crippen molar-refractivity contribution in [2.45, 2.75) is 25.8 Å². The van der Waals surface area contributed by atoms with Crippen LogP contribution in [0.2, 0.25) is 0 Å². The molecule has 0 aliphatic carbocycles. The van der Waals surface area contributed by atoms with Crippen molar-refractivity contribution in [2.24, 2.45) is 0 Å². The topological polar surface area (TPSA) is 80.0 Å². The molecule has 1 aromatic heterocycles. The number of rotatable bonds is 3. The molecule has 1 atom stereocenters. The summed E-state index contributed by atoms with van der Waals surface area (Å²) in [5, 5.41) is 9.64. The number of carbonyl (C=O) groups is 1. The monoisotopic (exact) mass is 210 g/mol. The summed E-state index contributed by atoms with van der Waals surface area (Å²) in [6.45, 7) is 2.87. The highest BCUT2D eigenvalue weighted by Crippen LogP contribution is 2.11. The second-order valence-electron chi connectivity index (χ2n) is 3.54. The van der Waals surface area contributed by atoms with Crippen LogP contribution in [-0.2, 0) is 11.2 Å². The molecule has 0 radical (unpaired) electrons. The Kier molecular flexibility index (Phi) is 2.96. The lowest BCUT2D eigenvalue weighted by molar-refractivity contribution is -0.121. The number of hydrogen-bond donors (Lipinski definition) is 2. The van der Waals surface area contributed by atoms with Gasteiger partial charge in [-0.05, 0) is 6.42 Å². The maximum Gasteiger partial charge on any atom is 0.245 e. The number of nitrogens with one attached hydrogen (secondary N) is 2. The van der Waals surface area contributed by atoms with Crippen molar-refractivity contribution < 1.29 is 9.32 Å². The number of aromatic nitrogens is 2. The van der Waals surface area contributed by atoms with Crippen LogP contribution in [0.4, 0.5) is 0 Å². The Morgan fingerprint density at radius 1 is 1.60 bits per heavy atom. The van der Waals surface area contributed by atoms with Crippen LogP contribution >= 0.6 is 0 Å². The van der Waals surface area contributed by atoms with Crippen LogP contribution < -0.4 is 10.6 Å². The van der Waals surface area contributed by atoms with E-state index in [9.17, 15) is 4.79 Å². The molecule has 1 saturated heterocycles. The number of piperazine rings is 1. The van der Waals surface area contributed by atoms with Crippen molar-refractivity contribution in [1.29, 1.82) is 0 Å². The van der Waals surface area contributed by atoms with Crippen LogP contribution in [0.5, 0.6) is 0 Å². The molecule has 1 unspecified atom stereocenters. The van der Waals surface area contributed by atoms with Crippen molar-refractivity contribution in [3.63, 3.8) is 0 Å². The summed E-state index contributed by atoms with van der Waals surface area (Å²) in [5.41, 5.74) is 0. The van der Waals surface area contributed by atoms with Crippen LogP contribution in [-0.4, -0.2) is 29.1 Å². The first-order chi connectivity index (χ1) is 7.29. The fourth-order valence-corrected chi connectivity index (χ4v) is 1.48. The van der Waals surface area contributed by atoms with Crippen molar-refractivity contribution in [2.75, 3.05) is 13.1 Å². The maximum absolute atomic E-state index is 10.9. The molecule has 15 heavy (non-hydrogen) atoms. The average molecular weight is 210 g/mol. The Balaban J connectivity index is 1.99.